The van der Waals surface area contributed by atoms with Gasteiger partial charge in [0.1, 0.15) is 0 Å². The van der Waals surface area contributed by atoms with E-state index in [9.17, 15) is 4.79 Å². The molecule has 1 amide bonds. The largest absolute Gasteiger partial charge is 0.342 e. The number of likely N-dealkylation sites (tertiary alicyclic amines) is 1. The highest BCUT2D eigenvalue weighted by atomic mass is 32.1. The Labute approximate surface area is 104 Å². The molecule has 0 radical (unpaired) electrons. The third-order valence-electron chi connectivity index (χ3n) is 4.19. The molecule has 2 aliphatic rings. The first kappa shape index (κ1) is 12.3. The van der Waals surface area contributed by atoms with Crippen LogP contribution in [-0.4, -0.2) is 29.6 Å². The summed E-state index contributed by atoms with van der Waals surface area (Å²) in [5, 5.41) is 0. The van der Waals surface area contributed by atoms with Gasteiger partial charge in [-0.05, 0) is 36.9 Å². The maximum Gasteiger partial charge on any atom is 0.222 e. The minimum atomic E-state index is 0.359. The van der Waals surface area contributed by atoms with E-state index < -0.39 is 0 Å². The summed E-state index contributed by atoms with van der Waals surface area (Å²) in [5.74, 6) is 2.91. The van der Waals surface area contributed by atoms with Crippen LogP contribution in [0.25, 0.3) is 0 Å². The molecule has 16 heavy (non-hydrogen) atoms. The number of hydrogen-bond acceptors (Lipinski definition) is 2. The number of carbonyl (C=O) groups excluding carboxylic acids is 1. The molecular formula is C13H23NOS. The van der Waals surface area contributed by atoms with E-state index in [-0.39, 0.29) is 0 Å². The molecule has 2 rings (SSSR count). The van der Waals surface area contributed by atoms with Gasteiger partial charge >= 0.3 is 0 Å². The first-order valence-corrected chi connectivity index (χ1v) is 7.33. The fraction of sp³-hybridized carbons (Fsp3) is 0.923. The van der Waals surface area contributed by atoms with Crippen molar-refractivity contribution in [2.24, 2.45) is 11.8 Å². The van der Waals surface area contributed by atoms with Crippen LogP contribution in [0.4, 0.5) is 0 Å². The van der Waals surface area contributed by atoms with Gasteiger partial charge in [0.05, 0.1) is 0 Å². The molecule has 1 aliphatic carbocycles. The minimum absolute atomic E-state index is 0.359. The van der Waals surface area contributed by atoms with Gasteiger partial charge in [-0.15, -0.1) is 0 Å². The zero-order valence-corrected chi connectivity index (χ0v) is 10.9. The molecule has 0 aromatic heterocycles. The van der Waals surface area contributed by atoms with E-state index >= 15 is 0 Å². The zero-order valence-electron chi connectivity index (χ0n) is 10.0. The third kappa shape index (κ3) is 2.93. The Morgan fingerprint density at radius 2 is 1.94 bits per heavy atom. The second-order valence-electron chi connectivity index (χ2n) is 5.26. The highest BCUT2D eigenvalue weighted by Crippen LogP contribution is 2.36. The molecule has 2 nitrogen and oxygen atoms in total. The van der Waals surface area contributed by atoms with Crippen molar-refractivity contribution >= 4 is 18.5 Å². The Balaban J connectivity index is 1.82. The summed E-state index contributed by atoms with van der Waals surface area (Å²) >= 11 is 4.16. The lowest BCUT2D eigenvalue weighted by atomic mass is 9.75. The Kier molecular flexibility index (Phi) is 4.56. The van der Waals surface area contributed by atoms with E-state index in [4.69, 9.17) is 0 Å². The van der Waals surface area contributed by atoms with Crippen LogP contribution in [0.2, 0.25) is 0 Å². The highest BCUT2D eigenvalue weighted by molar-refractivity contribution is 7.80. The van der Waals surface area contributed by atoms with Crippen LogP contribution in [0.1, 0.15) is 44.9 Å². The molecule has 2 fully saturated rings. The summed E-state index contributed by atoms with van der Waals surface area (Å²) in [4.78, 5) is 14.0. The Bertz CT molecular complexity index is 244. The lowest BCUT2D eigenvalue weighted by molar-refractivity contribution is -0.134. The van der Waals surface area contributed by atoms with Crippen molar-refractivity contribution < 1.29 is 4.79 Å². The number of amides is 1. The number of hydrogen-bond donors (Lipinski definition) is 1. The predicted molar refractivity (Wildman–Crippen MR) is 69.7 cm³/mol. The van der Waals surface area contributed by atoms with E-state index in [0.29, 0.717) is 12.3 Å². The molecule has 92 valence electrons. The normalized spacial score (nSPS) is 29.9. The summed E-state index contributed by atoms with van der Waals surface area (Å²) in [6, 6.07) is 0. The predicted octanol–water partition coefficient (Wildman–Crippen LogP) is 2.74. The van der Waals surface area contributed by atoms with Gasteiger partial charge in [0.25, 0.3) is 0 Å². The van der Waals surface area contributed by atoms with Crippen molar-refractivity contribution in [3.05, 3.63) is 0 Å². The van der Waals surface area contributed by atoms with Crippen molar-refractivity contribution in [3.63, 3.8) is 0 Å². The van der Waals surface area contributed by atoms with Gasteiger partial charge in [-0.3, -0.25) is 4.79 Å². The van der Waals surface area contributed by atoms with Crippen molar-refractivity contribution in [1.29, 1.82) is 0 Å². The minimum Gasteiger partial charge on any atom is -0.342 e. The SMILES string of the molecule is O=C(CCCS)N1CCC2CCCCC2C1. The molecule has 1 saturated carbocycles. The first-order valence-electron chi connectivity index (χ1n) is 6.70. The Hall–Kier alpha value is -0.180. The number of piperidine rings is 1. The van der Waals surface area contributed by atoms with Crippen molar-refractivity contribution in [2.45, 2.75) is 44.9 Å². The van der Waals surface area contributed by atoms with Gasteiger partial charge in [0, 0.05) is 19.5 Å². The van der Waals surface area contributed by atoms with Crippen LogP contribution < -0.4 is 0 Å². The van der Waals surface area contributed by atoms with Gasteiger partial charge in [-0.25, -0.2) is 0 Å². The summed E-state index contributed by atoms with van der Waals surface area (Å²) in [7, 11) is 0. The fourth-order valence-electron chi connectivity index (χ4n) is 3.22. The van der Waals surface area contributed by atoms with E-state index in [1.165, 1.54) is 32.1 Å². The van der Waals surface area contributed by atoms with Gasteiger partial charge in [0.15, 0.2) is 0 Å². The first-order chi connectivity index (χ1) is 7.81. The third-order valence-corrected chi connectivity index (χ3v) is 4.51. The Morgan fingerprint density at radius 3 is 2.69 bits per heavy atom. The molecule has 1 aliphatic heterocycles. The van der Waals surface area contributed by atoms with Crippen LogP contribution in [0.5, 0.6) is 0 Å². The molecule has 3 heteroatoms. The van der Waals surface area contributed by atoms with Crippen molar-refractivity contribution in [3.8, 4) is 0 Å². The maximum atomic E-state index is 11.9. The van der Waals surface area contributed by atoms with Gasteiger partial charge < -0.3 is 4.90 Å². The van der Waals surface area contributed by atoms with E-state index in [1.54, 1.807) is 0 Å². The van der Waals surface area contributed by atoms with Crippen LogP contribution in [0.3, 0.4) is 0 Å². The van der Waals surface area contributed by atoms with Crippen LogP contribution in [-0.2, 0) is 4.79 Å². The molecule has 1 saturated heterocycles. The molecule has 1 heterocycles. The summed E-state index contributed by atoms with van der Waals surface area (Å²) < 4.78 is 0. The average Bonchev–Trinajstić information content (AvgIpc) is 2.35. The van der Waals surface area contributed by atoms with Gasteiger partial charge in [0.2, 0.25) is 5.91 Å². The fourth-order valence-corrected chi connectivity index (χ4v) is 3.37. The van der Waals surface area contributed by atoms with Crippen molar-refractivity contribution in [2.75, 3.05) is 18.8 Å². The van der Waals surface area contributed by atoms with Crippen LogP contribution in [0, 0.1) is 11.8 Å². The number of carbonyl (C=O) groups is 1. The topological polar surface area (TPSA) is 20.3 Å². The van der Waals surface area contributed by atoms with Crippen molar-refractivity contribution in [1.82, 2.24) is 4.90 Å². The van der Waals surface area contributed by atoms with Gasteiger partial charge in [-0.1, -0.05) is 19.3 Å². The van der Waals surface area contributed by atoms with Crippen LogP contribution >= 0.6 is 12.6 Å². The maximum absolute atomic E-state index is 11.9. The highest BCUT2D eigenvalue weighted by Gasteiger charge is 2.32. The Morgan fingerprint density at radius 1 is 1.19 bits per heavy atom. The quantitative estimate of drug-likeness (QED) is 0.753. The van der Waals surface area contributed by atoms with E-state index in [2.05, 4.69) is 17.5 Å². The molecular weight excluding hydrogens is 218 g/mol. The summed E-state index contributed by atoms with van der Waals surface area (Å²) in [6.45, 7) is 2.04. The van der Waals surface area contributed by atoms with Gasteiger partial charge in [-0.2, -0.15) is 12.6 Å². The molecule has 0 bridgehead atoms. The molecule has 2 atom stereocenters. The van der Waals surface area contributed by atoms with E-state index in [0.717, 1.165) is 37.1 Å². The number of nitrogens with zero attached hydrogens (tertiary/aromatic N) is 1. The number of thiol groups is 1. The molecule has 0 aromatic carbocycles. The second-order valence-corrected chi connectivity index (χ2v) is 5.71. The lowest BCUT2D eigenvalue weighted by Gasteiger charge is -2.41. The molecule has 2 unspecified atom stereocenters. The smallest absolute Gasteiger partial charge is 0.222 e. The molecule has 0 N–H and O–H groups in total. The standard InChI is InChI=1S/C13H23NOS/c15-13(6-3-9-16)14-8-7-11-4-1-2-5-12(11)10-14/h11-12,16H,1-10H2. The number of fused-ring (bicyclic) bond motifs is 1. The number of rotatable bonds is 3. The van der Waals surface area contributed by atoms with E-state index in [1.807, 2.05) is 0 Å². The molecule has 0 spiro atoms. The van der Waals surface area contributed by atoms with Crippen LogP contribution in [0.15, 0.2) is 0 Å². The average molecular weight is 241 g/mol. The lowest BCUT2D eigenvalue weighted by Crippen LogP contribution is -2.44. The molecule has 0 aromatic rings. The monoisotopic (exact) mass is 241 g/mol. The summed E-state index contributed by atoms with van der Waals surface area (Å²) in [6.07, 6.45) is 8.41. The zero-order chi connectivity index (χ0) is 11.4. The second kappa shape index (κ2) is 5.95. The summed E-state index contributed by atoms with van der Waals surface area (Å²) in [5.41, 5.74) is 0.